The second kappa shape index (κ2) is 7.45. The largest absolute Gasteiger partial charge is 0.338 e. The minimum Gasteiger partial charge on any atom is -0.338 e. The smallest absolute Gasteiger partial charge is 0.262 e. The van der Waals surface area contributed by atoms with E-state index in [0.29, 0.717) is 24.6 Å². The summed E-state index contributed by atoms with van der Waals surface area (Å²) in [5.74, 6) is -0.410. The van der Waals surface area contributed by atoms with Crippen molar-refractivity contribution in [1.82, 2.24) is 4.90 Å². The number of halogens is 1. The Balaban J connectivity index is 1.84. The molecule has 0 radical (unpaired) electrons. The summed E-state index contributed by atoms with van der Waals surface area (Å²) < 4.78 is 41.1. The van der Waals surface area contributed by atoms with Gasteiger partial charge in [-0.25, -0.2) is 12.8 Å². The fourth-order valence-electron chi connectivity index (χ4n) is 3.10. The van der Waals surface area contributed by atoms with E-state index >= 15 is 0 Å². The van der Waals surface area contributed by atoms with Crippen molar-refractivity contribution in [2.75, 3.05) is 17.8 Å². The van der Waals surface area contributed by atoms with Crippen LogP contribution in [0, 0.1) is 11.7 Å². The van der Waals surface area contributed by atoms with E-state index in [1.165, 1.54) is 36.4 Å². The zero-order valence-corrected chi connectivity index (χ0v) is 15.3. The number of carbonyl (C=O) groups is 1. The maximum absolute atomic E-state index is 13.7. The standard InChI is InChI=1S/C19H21FN2O3S/c1-14-6-5-11-22(13-14)19(23)15-7-4-8-16(12-15)26(24,25)21-18-10-3-2-9-17(18)20/h2-4,7-10,12,14,21H,5-6,11,13H2,1H3. The van der Waals surface area contributed by atoms with Crippen molar-refractivity contribution in [1.29, 1.82) is 0 Å². The fourth-order valence-corrected chi connectivity index (χ4v) is 4.21. The van der Waals surface area contributed by atoms with E-state index in [1.807, 2.05) is 0 Å². The van der Waals surface area contributed by atoms with Crippen LogP contribution in [-0.4, -0.2) is 32.3 Å². The van der Waals surface area contributed by atoms with E-state index in [4.69, 9.17) is 0 Å². The van der Waals surface area contributed by atoms with Gasteiger partial charge in [0.15, 0.2) is 0 Å². The van der Waals surface area contributed by atoms with E-state index in [1.54, 1.807) is 17.0 Å². The molecule has 0 saturated carbocycles. The Morgan fingerprint density at radius 2 is 1.96 bits per heavy atom. The molecule has 1 aliphatic rings. The second-order valence-corrected chi connectivity index (χ2v) is 8.29. The van der Waals surface area contributed by atoms with Gasteiger partial charge >= 0.3 is 0 Å². The molecule has 1 heterocycles. The first kappa shape index (κ1) is 18.4. The lowest BCUT2D eigenvalue weighted by Gasteiger charge is -2.31. The molecular weight excluding hydrogens is 355 g/mol. The number of nitrogens with zero attached hydrogens (tertiary/aromatic N) is 1. The highest BCUT2D eigenvalue weighted by atomic mass is 32.2. The molecular formula is C19H21FN2O3S. The number of para-hydroxylation sites is 1. The van der Waals surface area contributed by atoms with Gasteiger partial charge in [-0.15, -0.1) is 0 Å². The lowest BCUT2D eigenvalue weighted by Crippen LogP contribution is -2.39. The molecule has 1 aliphatic heterocycles. The molecule has 7 heteroatoms. The average molecular weight is 376 g/mol. The Kier molecular flexibility index (Phi) is 5.27. The normalized spacial score (nSPS) is 17.8. The number of amides is 1. The van der Waals surface area contributed by atoms with Gasteiger partial charge in [-0.1, -0.05) is 25.1 Å². The molecule has 0 aliphatic carbocycles. The monoisotopic (exact) mass is 376 g/mol. The summed E-state index contributed by atoms with van der Waals surface area (Å²) in [4.78, 5) is 14.4. The molecule has 2 aromatic rings. The van der Waals surface area contributed by atoms with Gasteiger partial charge in [-0.05, 0) is 49.1 Å². The summed E-state index contributed by atoms with van der Waals surface area (Å²) in [6.45, 7) is 3.44. The highest BCUT2D eigenvalue weighted by molar-refractivity contribution is 7.92. The van der Waals surface area contributed by atoms with Crippen molar-refractivity contribution in [3.63, 3.8) is 0 Å². The number of benzene rings is 2. The highest BCUT2D eigenvalue weighted by Crippen LogP contribution is 2.22. The Morgan fingerprint density at radius 1 is 1.19 bits per heavy atom. The highest BCUT2D eigenvalue weighted by Gasteiger charge is 2.24. The summed E-state index contributed by atoms with van der Waals surface area (Å²) in [5, 5.41) is 0. The lowest BCUT2D eigenvalue weighted by molar-refractivity contribution is 0.0683. The van der Waals surface area contributed by atoms with Gasteiger partial charge < -0.3 is 4.90 Å². The van der Waals surface area contributed by atoms with Crippen LogP contribution in [0.1, 0.15) is 30.1 Å². The number of anilines is 1. The van der Waals surface area contributed by atoms with Crippen molar-refractivity contribution in [2.45, 2.75) is 24.7 Å². The van der Waals surface area contributed by atoms with Crippen molar-refractivity contribution in [3.8, 4) is 0 Å². The van der Waals surface area contributed by atoms with Gasteiger partial charge in [-0.2, -0.15) is 0 Å². The summed E-state index contributed by atoms with van der Waals surface area (Å²) in [6.07, 6.45) is 2.03. The van der Waals surface area contributed by atoms with Gasteiger partial charge in [0.1, 0.15) is 5.82 Å². The SMILES string of the molecule is CC1CCCN(C(=O)c2cccc(S(=O)(=O)Nc3ccccc3F)c2)C1. The van der Waals surface area contributed by atoms with E-state index in [0.717, 1.165) is 12.8 Å². The molecule has 1 amide bonds. The fraction of sp³-hybridized carbons (Fsp3) is 0.316. The maximum Gasteiger partial charge on any atom is 0.262 e. The third-order valence-corrected chi connectivity index (χ3v) is 5.82. The van der Waals surface area contributed by atoms with Crippen LogP contribution in [0.4, 0.5) is 10.1 Å². The first-order chi connectivity index (χ1) is 12.4. The molecule has 0 bridgehead atoms. The number of carbonyl (C=O) groups excluding carboxylic acids is 1. The number of nitrogens with one attached hydrogen (secondary N) is 1. The van der Waals surface area contributed by atoms with Crippen LogP contribution in [0.2, 0.25) is 0 Å². The number of likely N-dealkylation sites (tertiary alicyclic amines) is 1. The molecule has 1 saturated heterocycles. The van der Waals surface area contributed by atoms with Crippen LogP contribution in [0.25, 0.3) is 0 Å². The molecule has 5 nitrogen and oxygen atoms in total. The maximum atomic E-state index is 13.7. The van der Waals surface area contributed by atoms with E-state index in [9.17, 15) is 17.6 Å². The van der Waals surface area contributed by atoms with Crippen molar-refractivity contribution >= 4 is 21.6 Å². The second-order valence-electron chi connectivity index (χ2n) is 6.61. The molecule has 1 fully saturated rings. The molecule has 1 N–H and O–H groups in total. The number of sulfonamides is 1. The Hall–Kier alpha value is -2.41. The van der Waals surface area contributed by atoms with Crippen LogP contribution in [0.15, 0.2) is 53.4 Å². The summed E-state index contributed by atoms with van der Waals surface area (Å²) >= 11 is 0. The molecule has 0 aromatic heterocycles. The lowest BCUT2D eigenvalue weighted by atomic mass is 9.99. The number of hydrogen-bond acceptors (Lipinski definition) is 3. The first-order valence-electron chi connectivity index (χ1n) is 8.53. The predicted octanol–water partition coefficient (Wildman–Crippen LogP) is 3.50. The van der Waals surface area contributed by atoms with Crippen molar-refractivity contribution in [3.05, 3.63) is 59.9 Å². The van der Waals surface area contributed by atoms with E-state index < -0.39 is 15.8 Å². The third-order valence-electron chi connectivity index (χ3n) is 4.45. The van der Waals surface area contributed by atoms with Crippen molar-refractivity contribution in [2.24, 2.45) is 5.92 Å². The Labute approximate surface area is 152 Å². The molecule has 1 atom stereocenters. The van der Waals surface area contributed by atoms with Crippen LogP contribution in [0.3, 0.4) is 0 Å². The van der Waals surface area contributed by atoms with E-state index in [-0.39, 0.29) is 16.5 Å². The number of rotatable bonds is 4. The van der Waals surface area contributed by atoms with Crippen LogP contribution in [-0.2, 0) is 10.0 Å². The quantitative estimate of drug-likeness (QED) is 0.888. The van der Waals surface area contributed by atoms with E-state index in [2.05, 4.69) is 11.6 Å². The van der Waals surface area contributed by atoms with Gasteiger partial charge in [0.2, 0.25) is 0 Å². The van der Waals surface area contributed by atoms with Crippen LogP contribution < -0.4 is 4.72 Å². The van der Waals surface area contributed by atoms with Crippen molar-refractivity contribution < 1.29 is 17.6 Å². The average Bonchev–Trinajstić information content (AvgIpc) is 2.63. The Morgan fingerprint density at radius 3 is 2.69 bits per heavy atom. The minimum atomic E-state index is -3.99. The number of piperidine rings is 1. The van der Waals surface area contributed by atoms with Crippen LogP contribution >= 0.6 is 0 Å². The molecule has 138 valence electrons. The van der Waals surface area contributed by atoms with Gasteiger partial charge in [-0.3, -0.25) is 9.52 Å². The summed E-state index contributed by atoms with van der Waals surface area (Å²) in [5.41, 5.74) is 0.185. The topological polar surface area (TPSA) is 66.5 Å². The van der Waals surface area contributed by atoms with Gasteiger partial charge in [0.25, 0.3) is 15.9 Å². The van der Waals surface area contributed by atoms with Gasteiger partial charge in [0.05, 0.1) is 10.6 Å². The minimum absolute atomic E-state index is 0.0725. The molecule has 26 heavy (non-hydrogen) atoms. The summed E-state index contributed by atoms with van der Waals surface area (Å²) in [6, 6.07) is 11.4. The zero-order chi connectivity index (χ0) is 18.7. The molecule has 3 rings (SSSR count). The zero-order valence-electron chi connectivity index (χ0n) is 14.5. The Bertz CT molecular complexity index is 915. The number of hydrogen-bond donors (Lipinski definition) is 1. The van der Waals surface area contributed by atoms with Gasteiger partial charge in [0, 0.05) is 18.7 Å². The third kappa shape index (κ3) is 4.04. The predicted molar refractivity (Wildman–Crippen MR) is 98.0 cm³/mol. The summed E-state index contributed by atoms with van der Waals surface area (Å²) in [7, 11) is -3.99. The van der Waals surface area contributed by atoms with Crippen LogP contribution in [0.5, 0.6) is 0 Å². The molecule has 0 spiro atoms. The molecule has 1 unspecified atom stereocenters. The molecule has 2 aromatic carbocycles. The first-order valence-corrected chi connectivity index (χ1v) is 10.0.